The zero-order valence-electron chi connectivity index (χ0n) is 23.3. The van der Waals surface area contributed by atoms with E-state index in [4.69, 9.17) is 15.2 Å². The van der Waals surface area contributed by atoms with E-state index >= 15 is 0 Å². The number of anilines is 1. The number of aromatic nitrogens is 1. The summed E-state index contributed by atoms with van der Waals surface area (Å²) in [6.45, 7) is 6.68. The quantitative estimate of drug-likeness (QED) is 0.305. The molecule has 0 spiro atoms. The molecule has 2 heterocycles. The van der Waals surface area contributed by atoms with E-state index in [1.54, 1.807) is 22.8 Å². The Morgan fingerprint density at radius 1 is 1.07 bits per heavy atom. The van der Waals surface area contributed by atoms with Crippen molar-refractivity contribution in [2.45, 2.75) is 38.1 Å². The van der Waals surface area contributed by atoms with E-state index in [2.05, 4.69) is 36.4 Å². The predicted molar refractivity (Wildman–Crippen MR) is 161 cm³/mol. The van der Waals surface area contributed by atoms with Crippen LogP contribution in [0.5, 0.6) is 11.5 Å². The van der Waals surface area contributed by atoms with Gasteiger partial charge in [-0.3, -0.25) is 19.3 Å². The first-order valence-corrected chi connectivity index (χ1v) is 14.7. The highest BCUT2D eigenvalue weighted by molar-refractivity contribution is 8.03. The number of thiazole rings is 1. The van der Waals surface area contributed by atoms with E-state index in [1.807, 2.05) is 48.5 Å². The second-order valence-electron chi connectivity index (χ2n) is 10.2. The molecule has 0 fully saturated rings. The molecule has 0 saturated heterocycles. The summed E-state index contributed by atoms with van der Waals surface area (Å²) in [7, 11) is 1.57. The molecule has 1 aliphatic heterocycles. The number of rotatable bonds is 11. The van der Waals surface area contributed by atoms with Gasteiger partial charge in [0, 0.05) is 29.4 Å². The first-order chi connectivity index (χ1) is 19.6. The van der Waals surface area contributed by atoms with Gasteiger partial charge in [0.25, 0.3) is 17.7 Å². The summed E-state index contributed by atoms with van der Waals surface area (Å²) in [5, 5.41) is 9.07. The van der Waals surface area contributed by atoms with Crippen molar-refractivity contribution in [3.8, 4) is 11.5 Å². The Morgan fingerprint density at radius 3 is 2.46 bits per heavy atom. The topological polar surface area (TPSA) is 136 Å². The van der Waals surface area contributed by atoms with E-state index < -0.39 is 5.91 Å². The number of nitrogens with two attached hydrogens (primary N) is 1. The smallest absolute Gasteiger partial charge is 0.268 e. The number of carbonyl (C=O) groups excluding carboxylic acids is 3. The highest BCUT2D eigenvalue weighted by atomic mass is 32.2. The molecule has 216 valence electrons. The normalized spacial score (nSPS) is 14.8. The van der Waals surface area contributed by atoms with Gasteiger partial charge < -0.3 is 25.8 Å². The molecule has 4 rings (SSSR count). The van der Waals surface area contributed by atoms with Crippen LogP contribution in [0, 0.1) is 0 Å². The largest absolute Gasteiger partial charge is 0.496 e. The molecule has 3 amide bonds. The lowest BCUT2D eigenvalue weighted by molar-refractivity contribution is -0.123. The van der Waals surface area contributed by atoms with Crippen LogP contribution in [0.15, 0.2) is 65.0 Å². The SMILES string of the molecule is COc1ccccc1CNC(=O)C1=CSC(CNC(=O)COc2ccc(C(C)(C)C)cc2)N1c1nc(C(N)=O)cs1. The van der Waals surface area contributed by atoms with E-state index in [9.17, 15) is 14.4 Å². The first kappa shape index (κ1) is 29.9. The van der Waals surface area contributed by atoms with Crippen LogP contribution in [0.2, 0.25) is 0 Å². The lowest BCUT2D eigenvalue weighted by Gasteiger charge is -2.26. The number of primary amides is 1. The van der Waals surface area contributed by atoms with Crippen molar-refractivity contribution in [2.24, 2.45) is 5.73 Å². The number of amides is 3. The Bertz CT molecular complexity index is 1430. The van der Waals surface area contributed by atoms with Gasteiger partial charge in [0.2, 0.25) is 0 Å². The van der Waals surface area contributed by atoms with Gasteiger partial charge in [-0.2, -0.15) is 0 Å². The van der Waals surface area contributed by atoms with Gasteiger partial charge in [-0.25, -0.2) is 4.98 Å². The van der Waals surface area contributed by atoms with Crippen LogP contribution < -0.4 is 30.7 Å². The van der Waals surface area contributed by atoms with E-state index in [1.165, 1.54) is 28.7 Å². The van der Waals surface area contributed by atoms with E-state index in [0.29, 0.717) is 22.3 Å². The van der Waals surface area contributed by atoms with Crippen LogP contribution >= 0.6 is 23.1 Å². The molecule has 1 aliphatic rings. The summed E-state index contributed by atoms with van der Waals surface area (Å²) in [6.07, 6.45) is 0. The Kier molecular flexibility index (Phi) is 9.56. The summed E-state index contributed by atoms with van der Waals surface area (Å²) in [4.78, 5) is 43.6. The zero-order chi connectivity index (χ0) is 29.6. The number of nitrogens with zero attached hydrogens (tertiary/aromatic N) is 2. The number of carbonyl (C=O) groups is 3. The molecule has 2 aromatic carbocycles. The molecular weight excluding hydrogens is 562 g/mol. The molecule has 41 heavy (non-hydrogen) atoms. The van der Waals surface area contributed by atoms with Crippen molar-refractivity contribution in [2.75, 3.05) is 25.2 Å². The number of thioether (sulfide) groups is 1. The second kappa shape index (κ2) is 13.1. The minimum absolute atomic E-state index is 0.0224. The minimum atomic E-state index is -0.664. The maximum atomic E-state index is 13.3. The van der Waals surface area contributed by atoms with E-state index in [-0.39, 0.29) is 48.0 Å². The molecule has 1 atom stereocenters. The van der Waals surface area contributed by atoms with E-state index in [0.717, 1.165) is 5.56 Å². The van der Waals surface area contributed by atoms with Crippen LogP contribution in [0.4, 0.5) is 5.13 Å². The number of hydrogen-bond donors (Lipinski definition) is 3. The molecule has 0 bridgehead atoms. The molecule has 0 radical (unpaired) electrons. The number of benzene rings is 2. The maximum absolute atomic E-state index is 13.3. The highest BCUT2D eigenvalue weighted by Gasteiger charge is 2.34. The number of para-hydroxylation sites is 1. The number of hydrogen-bond acceptors (Lipinski definition) is 9. The van der Waals surface area contributed by atoms with Crippen molar-refractivity contribution >= 4 is 46.0 Å². The fourth-order valence-corrected chi connectivity index (χ4v) is 5.96. The molecule has 1 aromatic heterocycles. The molecular formula is C29H33N5O5S2. The van der Waals surface area contributed by atoms with Crippen molar-refractivity contribution < 1.29 is 23.9 Å². The molecule has 0 aliphatic carbocycles. The maximum Gasteiger partial charge on any atom is 0.268 e. The zero-order valence-corrected chi connectivity index (χ0v) is 24.9. The first-order valence-electron chi connectivity index (χ1n) is 12.9. The van der Waals surface area contributed by atoms with Gasteiger partial charge in [-0.05, 0) is 29.2 Å². The molecule has 4 N–H and O–H groups in total. The number of ether oxygens (including phenoxy) is 2. The highest BCUT2D eigenvalue weighted by Crippen LogP contribution is 2.37. The van der Waals surface area contributed by atoms with Gasteiger partial charge in [-0.1, -0.05) is 51.1 Å². The third kappa shape index (κ3) is 7.59. The monoisotopic (exact) mass is 595 g/mol. The van der Waals surface area contributed by atoms with Crippen LogP contribution in [0.1, 0.15) is 42.4 Å². The molecule has 12 heteroatoms. The predicted octanol–water partition coefficient (Wildman–Crippen LogP) is 3.78. The van der Waals surface area contributed by atoms with Crippen LogP contribution in [0.25, 0.3) is 0 Å². The average Bonchev–Trinajstić information content (AvgIpc) is 3.61. The Morgan fingerprint density at radius 2 is 1.80 bits per heavy atom. The minimum Gasteiger partial charge on any atom is -0.496 e. The fraction of sp³-hybridized carbons (Fsp3) is 0.310. The second-order valence-corrected chi connectivity index (χ2v) is 12.1. The van der Waals surface area contributed by atoms with Crippen LogP contribution in [0.3, 0.4) is 0 Å². The Labute approximate surface area is 247 Å². The van der Waals surface area contributed by atoms with Gasteiger partial charge >= 0.3 is 0 Å². The molecule has 1 unspecified atom stereocenters. The summed E-state index contributed by atoms with van der Waals surface area (Å²) in [5.41, 5.74) is 7.86. The van der Waals surface area contributed by atoms with Crippen molar-refractivity contribution in [3.05, 3.63) is 81.8 Å². The summed E-state index contributed by atoms with van der Waals surface area (Å²) < 4.78 is 11.0. The lowest BCUT2D eigenvalue weighted by atomic mass is 9.87. The third-order valence-corrected chi connectivity index (χ3v) is 8.15. The lowest BCUT2D eigenvalue weighted by Crippen LogP contribution is -2.43. The van der Waals surface area contributed by atoms with Crippen molar-refractivity contribution in [1.82, 2.24) is 15.6 Å². The fourth-order valence-electron chi connectivity index (χ4n) is 4.00. The van der Waals surface area contributed by atoms with Gasteiger partial charge in [0.05, 0.1) is 7.11 Å². The molecule has 0 saturated carbocycles. The third-order valence-electron chi connectivity index (χ3n) is 6.26. The van der Waals surface area contributed by atoms with Crippen molar-refractivity contribution in [1.29, 1.82) is 0 Å². The Hall–Kier alpha value is -4.03. The average molecular weight is 596 g/mol. The number of methoxy groups -OCH3 is 1. The number of nitrogens with one attached hydrogen (secondary N) is 2. The van der Waals surface area contributed by atoms with Crippen LogP contribution in [-0.2, 0) is 21.5 Å². The summed E-state index contributed by atoms with van der Waals surface area (Å²) >= 11 is 2.55. The summed E-state index contributed by atoms with van der Waals surface area (Å²) in [5.74, 6) is -0.0458. The standard InChI is InChI=1S/C29H33N5O5S2/c1-29(2,3)19-9-11-20(12-10-19)39-15-24(35)31-14-25-34(28-33-21(16-41-28)26(30)36)22(17-40-25)27(37)32-13-18-7-5-6-8-23(18)38-4/h5-12,16-17,25H,13-15H2,1-4H3,(H2,30,36)(H,31,35)(H,32,37). The van der Waals surface area contributed by atoms with Gasteiger partial charge in [0.1, 0.15) is 28.3 Å². The Balaban J connectivity index is 1.39. The van der Waals surface area contributed by atoms with Crippen molar-refractivity contribution in [3.63, 3.8) is 0 Å². The molecule has 3 aromatic rings. The van der Waals surface area contributed by atoms with Crippen LogP contribution in [-0.4, -0.2) is 48.3 Å². The summed E-state index contributed by atoms with van der Waals surface area (Å²) in [6, 6.07) is 15.1. The molecule has 10 nitrogen and oxygen atoms in total. The van der Waals surface area contributed by atoms with Gasteiger partial charge in [0.15, 0.2) is 11.7 Å². The van der Waals surface area contributed by atoms with Gasteiger partial charge in [-0.15, -0.1) is 23.1 Å².